The van der Waals surface area contributed by atoms with Crippen LogP contribution in [-0.2, 0) is 10.2 Å². The zero-order valence-corrected chi connectivity index (χ0v) is 24.4. The average Bonchev–Trinajstić information content (AvgIpc) is 3.55. The maximum atomic E-state index is 15.1. The van der Waals surface area contributed by atoms with E-state index in [0.717, 1.165) is 11.1 Å². The third-order valence-corrected chi connectivity index (χ3v) is 9.16. The fourth-order valence-corrected chi connectivity index (χ4v) is 7.34. The first kappa shape index (κ1) is 27.5. The Bertz CT molecular complexity index is 1870. The molecule has 0 saturated carbocycles. The van der Waals surface area contributed by atoms with E-state index in [-0.39, 0.29) is 17.5 Å². The smallest absolute Gasteiger partial charge is 0.238 e. The van der Waals surface area contributed by atoms with Crippen molar-refractivity contribution in [3.8, 4) is 17.2 Å². The molecule has 220 valence electrons. The molecular weight excluding hydrogens is 556 g/mol. The van der Waals surface area contributed by atoms with Gasteiger partial charge in [-0.1, -0.05) is 54.6 Å². The van der Waals surface area contributed by atoms with E-state index in [4.69, 9.17) is 14.2 Å². The molecule has 0 aromatic heterocycles. The minimum atomic E-state index is -1.44. The number of para-hydroxylation sites is 2. The van der Waals surface area contributed by atoms with Gasteiger partial charge in [0.15, 0.2) is 23.1 Å². The zero-order valence-electron chi connectivity index (χ0n) is 24.4. The van der Waals surface area contributed by atoms with Crippen molar-refractivity contribution in [2.45, 2.75) is 17.5 Å². The number of nitrogens with one attached hydrogen (secondary N) is 1. The van der Waals surface area contributed by atoms with Crippen LogP contribution in [0, 0.1) is 5.92 Å². The summed E-state index contributed by atoms with van der Waals surface area (Å²) in [5.74, 6) is -0.882. The summed E-state index contributed by atoms with van der Waals surface area (Å²) in [5, 5.41) is 3.07. The van der Waals surface area contributed by atoms with Gasteiger partial charge in [-0.2, -0.15) is 0 Å². The van der Waals surface area contributed by atoms with Gasteiger partial charge in [-0.05, 0) is 59.2 Å². The zero-order chi connectivity index (χ0) is 30.6. The standard InChI is InChI=1S/C36H30N2O6/c1-42-27-15-9-6-12-24(27)33(40)30-31(32(39)22-16-17-28(43-2)29(20-22)44-3)38-19-18-21-10-4-5-11-23(21)34(38)36(30)25-13-7-8-14-26(25)37-35(36)41/h4-20,30-31,34H,1-3H3,(H,37,41)/t30-,31+,34+,36+/m0/s1. The molecule has 4 atom stereocenters. The summed E-state index contributed by atoms with van der Waals surface area (Å²) in [4.78, 5) is 46.4. The Hall–Kier alpha value is -5.37. The molecule has 3 aliphatic heterocycles. The molecule has 8 nitrogen and oxygen atoms in total. The lowest BCUT2D eigenvalue weighted by Crippen LogP contribution is -2.49. The Morgan fingerprint density at radius 1 is 0.773 bits per heavy atom. The van der Waals surface area contributed by atoms with Crippen molar-refractivity contribution >= 4 is 29.2 Å². The number of Topliss-reactive ketones (excluding diaryl/α,β-unsaturated/α-hetero) is 2. The van der Waals surface area contributed by atoms with E-state index in [1.54, 1.807) is 42.5 Å². The molecule has 1 N–H and O–H groups in total. The van der Waals surface area contributed by atoms with Crippen LogP contribution >= 0.6 is 0 Å². The minimum absolute atomic E-state index is 0.304. The summed E-state index contributed by atoms with van der Waals surface area (Å²) >= 11 is 0. The Kier molecular flexibility index (Phi) is 6.50. The van der Waals surface area contributed by atoms with Crippen LogP contribution in [0.25, 0.3) is 6.08 Å². The Labute approximate surface area is 254 Å². The number of anilines is 1. The van der Waals surface area contributed by atoms with Gasteiger partial charge in [0.25, 0.3) is 0 Å². The fraction of sp³-hybridized carbons (Fsp3) is 0.194. The second-order valence-corrected chi connectivity index (χ2v) is 11.1. The number of carbonyl (C=O) groups excluding carboxylic acids is 3. The van der Waals surface area contributed by atoms with Crippen LogP contribution in [0.2, 0.25) is 0 Å². The van der Waals surface area contributed by atoms with E-state index >= 15 is 4.79 Å². The van der Waals surface area contributed by atoms with Gasteiger partial charge in [0, 0.05) is 17.5 Å². The fourth-order valence-electron chi connectivity index (χ4n) is 7.34. The van der Waals surface area contributed by atoms with E-state index in [2.05, 4.69) is 5.32 Å². The van der Waals surface area contributed by atoms with Crippen LogP contribution < -0.4 is 19.5 Å². The molecule has 1 amide bonds. The Balaban J connectivity index is 1.53. The summed E-state index contributed by atoms with van der Waals surface area (Å²) in [5.41, 5.74) is 2.29. The highest BCUT2D eigenvalue weighted by atomic mass is 16.5. The number of fused-ring (bicyclic) bond motifs is 6. The van der Waals surface area contributed by atoms with E-state index in [1.165, 1.54) is 21.3 Å². The number of ether oxygens (including phenoxy) is 3. The lowest BCUT2D eigenvalue weighted by Gasteiger charge is -2.38. The summed E-state index contributed by atoms with van der Waals surface area (Å²) in [6.07, 6.45) is 3.78. The monoisotopic (exact) mass is 586 g/mol. The molecule has 0 bridgehead atoms. The van der Waals surface area contributed by atoms with E-state index in [1.807, 2.05) is 65.7 Å². The number of benzene rings is 4. The molecule has 0 unspecified atom stereocenters. The number of hydrogen-bond donors (Lipinski definition) is 1. The third kappa shape index (κ3) is 3.73. The first-order valence-corrected chi connectivity index (χ1v) is 14.3. The highest BCUT2D eigenvalue weighted by molar-refractivity contribution is 6.17. The summed E-state index contributed by atoms with van der Waals surface area (Å²) in [6, 6.07) is 25.5. The third-order valence-electron chi connectivity index (χ3n) is 9.16. The molecule has 3 heterocycles. The topological polar surface area (TPSA) is 94.2 Å². The number of methoxy groups -OCH3 is 3. The molecule has 1 fully saturated rings. The molecule has 0 aliphatic carbocycles. The number of hydrogen-bond acceptors (Lipinski definition) is 7. The van der Waals surface area contributed by atoms with Crippen LogP contribution in [0.4, 0.5) is 5.69 Å². The van der Waals surface area contributed by atoms with Crippen LogP contribution in [-0.4, -0.2) is 49.7 Å². The molecule has 0 radical (unpaired) electrons. The van der Waals surface area contributed by atoms with E-state index in [0.29, 0.717) is 39.6 Å². The number of nitrogens with zero attached hydrogens (tertiary/aromatic N) is 1. The van der Waals surface area contributed by atoms with Crippen molar-refractivity contribution in [1.82, 2.24) is 4.90 Å². The molecule has 7 rings (SSSR count). The normalized spacial score (nSPS) is 22.6. The van der Waals surface area contributed by atoms with Gasteiger partial charge in [0.2, 0.25) is 5.91 Å². The number of rotatable bonds is 7. The van der Waals surface area contributed by atoms with Gasteiger partial charge in [0.1, 0.15) is 17.2 Å². The molecule has 8 heteroatoms. The number of amides is 1. The van der Waals surface area contributed by atoms with E-state index < -0.39 is 23.4 Å². The maximum Gasteiger partial charge on any atom is 0.238 e. The summed E-state index contributed by atoms with van der Waals surface area (Å²) in [6.45, 7) is 0. The summed E-state index contributed by atoms with van der Waals surface area (Å²) < 4.78 is 16.6. The van der Waals surface area contributed by atoms with Crippen molar-refractivity contribution in [2.75, 3.05) is 26.6 Å². The van der Waals surface area contributed by atoms with Gasteiger partial charge in [-0.3, -0.25) is 14.4 Å². The van der Waals surface area contributed by atoms with Crippen LogP contribution in [0.15, 0.2) is 97.2 Å². The first-order chi connectivity index (χ1) is 21.4. The second-order valence-electron chi connectivity index (χ2n) is 11.1. The molecule has 3 aliphatic rings. The van der Waals surface area contributed by atoms with Crippen LogP contribution in [0.1, 0.15) is 43.4 Å². The molecule has 4 aromatic carbocycles. The van der Waals surface area contributed by atoms with Gasteiger partial charge in [-0.15, -0.1) is 0 Å². The van der Waals surface area contributed by atoms with Crippen molar-refractivity contribution in [1.29, 1.82) is 0 Å². The van der Waals surface area contributed by atoms with Crippen molar-refractivity contribution in [3.05, 3.63) is 125 Å². The lowest BCUT2D eigenvalue weighted by molar-refractivity contribution is -0.122. The predicted molar refractivity (Wildman–Crippen MR) is 165 cm³/mol. The van der Waals surface area contributed by atoms with Gasteiger partial charge in [-0.25, -0.2) is 0 Å². The molecule has 44 heavy (non-hydrogen) atoms. The highest BCUT2D eigenvalue weighted by Gasteiger charge is 2.70. The SMILES string of the molecule is COc1ccc(C(=O)[C@H]2[C@@H](C(=O)c3ccccc3OC)[C@@]3(C(=O)Nc4ccccc43)[C@H]3c4ccccc4C=CN23)cc1OC. The Morgan fingerprint density at radius 3 is 2.27 bits per heavy atom. The second kappa shape index (κ2) is 10.4. The van der Waals surface area contributed by atoms with Gasteiger partial charge >= 0.3 is 0 Å². The largest absolute Gasteiger partial charge is 0.496 e. The van der Waals surface area contributed by atoms with Crippen LogP contribution in [0.5, 0.6) is 17.2 Å². The molecular formula is C36H30N2O6. The number of carbonyl (C=O) groups is 3. The lowest BCUT2D eigenvalue weighted by atomic mass is 9.62. The van der Waals surface area contributed by atoms with Crippen molar-refractivity contribution in [3.63, 3.8) is 0 Å². The van der Waals surface area contributed by atoms with E-state index in [9.17, 15) is 9.59 Å². The average molecular weight is 587 g/mol. The summed E-state index contributed by atoms with van der Waals surface area (Å²) in [7, 11) is 4.53. The molecule has 1 spiro atoms. The van der Waals surface area contributed by atoms with Gasteiger partial charge in [0.05, 0.1) is 38.9 Å². The minimum Gasteiger partial charge on any atom is -0.496 e. The highest BCUT2D eigenvalue weighted by Crippen LogP contribution is 2.62. The van der Waals surface area contributed by atoms with Crippen LogP contribution in [0.3, 0.4) is 0 Å². The first-order valence-electron chi connectivity index (χ1n) is 14.3. The van der Waals surface area contributed by atoms with Crippen molar-refractivity contribution < 1.29 is 28.6 Å². The Morgan fingerprint density at radius 2 is 1.48 bits per heavy atom. The number of ketones is 2. The molecule has 4 aromatic rings. The van der Waals surface area contributed by atoms with Gasteiger partial charge < -0.3 is 24.4 Å². The molecule has 1 saturated heterocycles. The quantitative estimate of drug-likeness (QED) is 0.278. The predicted octanol–water partition coefficient (Wildman–Crippen LogP) is 5.69. The maximum absolute atomic E-state index is 15.1. The van der Waals surface area contributed by atoms with Crippen molar-refractivity contribution in [2.24, 2.45) is 5.92 Å².